The molecule has 0 spiro atoms. The minimum Gasteiger partial charge on any atom is -0.466 e. The highest BCUT2D eigenvalue weighted by Gasteiger charge is 2.35. The summed E-state index contributed by atoms with van der Waals surface area (Å²) in [5.74, 6) is -0.554. The van der Waals surface area contributed by atoms with Crippen LogP contribution >= 0.6 is 0 Å². The Bertz CT molecular complexity index is 540. The van der Waals surface area contributed by atoms with Crippen molar-refractivity contribution in [1.29, 1.82) is 0 Å². The smallest absolute Gasteiger partial charge is 0.310 e. The van der Waals surface area contributed by atoms with Crippen molar-refractivity contribution in [3.05, 3.63) is 0 Å². The molecule has 0 aromatic heterocycles. The standard InChI is InChI=1S/C15H26N2O5S/c1-3-22-15(19)13-5-4-8-16(11-13)14(18)12-6-9-17(10-7-12)23(2,20)21/h12-13H,3-11H2,1-2H3/t13-/m1/s1. The maximum absolute atomic E-state index is 12.6. The molecule has 132 valence electrons. The summed E-state index contributed by atoms with van der Waals surface area (Å²) < 4.78 is 29.5. The molecule has 7 nitrogen and oxygen atoms in total. The number of hydrogen-bond donors (Lipinski definition) is 0. The van der Waals surface area contributed by atoms with Gasteiger partial charge in [-0.1, -0.05) is 0 Å². The van der Waals surface area contributed by atoms with Gasteiger partial charge in [-0.2, -0.15) is 0 Å². The van der Waals surface area contributed by atoms with Gasteiger partial charge in [-0.05, 0) is 32.6 Å². The molecule has 1 atom stereocenters. The SMILES string of the molecule is CCOC(=O)[C@@H]1CCCN(C(=O)C2CCN(S(C)(=O)=O)CC2)C1. The molecule has 2 saturated heterocycles. The van der Waals surface area contributed by atoms with Crippen molar-refractivity contribution in [3.63, 3.8) is 0 Å². The van der Waals surface area contributed by atoms with Crippen LogP contribution < -0.4 is 0 Å². The van der Waals surface area contributed by atoms with Crippen molar-refractivity contribution in [1.82, 2.24) is 9.21 Å². The van der Waals surface area contributed by atoms with E-state index in [9.17, 15) is 18.0 Å². The van der Waals surface area contributed by atoms with Gasteiger partial charge in [0, 0.05) is 32.1 Å². The zero-order chi connectivity index (χ0) is 17.0. The van der Waals surface area contributed by atoms with Crippen LogP contribution in [0.5, 0.6) is 0 Å². The minimum atomic E-state index is -3.18. The minimum absolute atomic E-state index is 0.0483. The fraction of sp³-hybridized carbons (Fsp3) is 0.867. The second kappa shape index (κ2) is 7.61. The maximum atomic E-state index is 12.6. The molecule has 8 heteroatoms. The number of ether oxygens (including phenoxy) is 1. The van der Waals surface area contributed by atoms with E-state index < -0.39 is 10.0 Å². The van der Waals surface area contributed by atoms with Crippen LogP contribution in [0.3, 0.4) is 0 Å². The van der Waals surface area contributed by atoms with Crippen LogP contribution in [0.4, 0.5) is 0 Å². The van der Waals surface area contributed by atoms with Gasteiger partial charge in [-0.15, -0.1) is 0 Å². The van der Waals surface area contributed by atoms with Gasteiger partial charge in [-0.25, -0.2) is 12.7 Å². The number of piperidine rings is 2. The largest absolute Gasteiger partial charge is 0.466 e. The zero-order valence-electron chi connectivity index (χ0n) is 13.9. The molecule has 0 unspecified atom stereocenters. The van der Waals surface area contributed by atoms with Crippen molar-refractivity contribution in [2.45, 2.75) is 32.6 Å². The van der Waals surface area contributed by atoms with E-state index in [-0.39, 0.29) is 23.7 Å². The molecule has 2 aliphatic heterocycles. The zero-order valence-corrected chi connectivity index (χ0v) is 14.7. The first-order chi connectivity index (χ1) is 10.8. The van der Waals surface area contributed by atoms with Gasteiger partial charge in [0.05, 0.1) is 18.8 Å². The third kappa shape index (κ3) is 4.67. The number of nitrogens with zero attached hydrogens (tertiary/aromatic N) is 2. The lowest BCUT2D eigenvalue weighted by Crippen LogP contribution is -2.48. The molecule has 0 aromatic rings. The molecule has 0 aromatic carbocycles. The van der Waals surface area contributed by atoms with Gasteiger partial charge < -0.3 is 9.64 Å². The first-order valence-electron chi connectivity index (χ1n) is 8.23. The third-order valence-corrected chi connectivity index (χ3v) is 5.93. The average Bonchev–Trinajstić information content (AvgIpc) is 2.54. The number of rotatable bonds is 4. The predicted octanol–water partition coefficient (Wildman–Crippen LogP) is 0.460. The van der Waals surface area contributed by atoms with Crippen molar-refractivity contribution in [2.75, 3.05) is 39.0 Å². The van der Waals surface area contributed by atoms with Crippen molar-refractivity contribution >= 4 is 21.9 Å². The summed E-state index contributed by atoms with van der Waals surface area (Å²) in [6.07, 6.45) is 3.86. The van der Waals surface area contributed by atoms with Crippen LogP contribution in [0.15, 0.2) is 0 Å². The number of carbonyl (C=O) groups excluding carboxylic acids is 2. The molecular formula is C15H26N2O5S. The molecule has 2 rings (SSSR count). The number of sulfonamides is 1. The van der Waals surface area contributed by atoms with E-state index in [4.69, 9.17) is 4.74 Å². The Kier molecular flexibility index (Phi) is 6.02. The maximum Gasteiger partial charge on any atom is 0.310 e. The molecule has 1 amide bonds. The predicted molar refractivity (Wildman–Crippen MR) is 85.1 cm³/mol. The molecule has 2 heterocycles. The molecule has 2 aliphatic rings. The molecule has 2 fully saturated rings. The fourth-order valence-corrected chi connectivity index (χ4v) is 4.20. The molecule has 0 saturated carbocycles. The number of amides is 1. The Labute approximate surface area is 138 Å². The quantitative estimate of drug-likeness (QED) is 0.691. The lowest BCUT2D eigenvalue weighted by Gasteiger charge is -2.36. The summed E-state index contributed by atoms with van der Waals surface area (Å²) in [4.78, 5) is 26.3. The highest BCUT2D eigenvalue weighted by atomic mass is 32.2. The number of esters is 1. The van der Waals surface area contributed by atoms with Gasteiger partial charge in [0.1, 0.15) is 0 Å². The molecule has 23 heavy (non-hydrogen) atoms. The van der Waals surface area contributed by atoms with E-state index in [2.05, 4.69) is 0 Å². The van der Waals surface area contributed by atoms with Crippen LogP contribution in [0.1, 0.15) is 32.6 Å². The average molecular weight is 346 g/mol. The van der Waals surface area contributed by atoms with E-state index in [1.54, 1.807) is 11.8 Å². The number of likely N-dealkylation sites (tertiary alicyclic amines) is 1. The van der Waals surface area contributed by atoms with Crippen LogP contribution in [0.25, 0.3) is 0 Å². The second-order valence-electron chi connectivity index (χ2n) is 6.31. The summed E-state index contributed by atoms with van der Waals surface area (Å²) in [5.41, 5.74) is 0. The van der Waals surface area contributed by atoms with Gasteiger partial charge in [0.2, 0.25) is 15.9 Å². The van der Waals surface area contributed by atoms with Crippen LogP contribution in [0.2, 0.25) is 0 Å². The molecule has 0 N–H and O–H groups in total. The summed E-state index contributed by atoms with van der Waals surface area (Å²) in [5, 5.41) is 0. The fourth-order valence-electron chi connectivity index (χ4n) is 3.32. The summed E-state index contributed by atoms with van der Waals surface area (Å²) >= 11 is 0. The van der Waals surface area contributed by atoms with E-state index >= 15 is 0 Å². The first kappa shape index (κ1) is 18.2. The molecule has 0 aliphatic carbocycles. The van der Waals surface area contributed by atoms with E-state index in [0.717, 1.165) is 12.8 Å². The Hall–Kier alpha value is -1.15. The molecular weight excluding hydrogens is 320 g/mol. The topological polar surface area (TPSA) is 84.0 Å². The van der Waals surface area contributed by atoms with E-state index in [0.29, 0.717) is 45.6 Å². The monoisotopic (exact) mass is 346 g/mol. The van der Waals surface area contributed by atoms with E-state index in [1.165, 1.54) is 10.6 Å². The van der Waals surface area contributed by atoms with Crippen LogP contribution in [-0.2, 0) is 24.3 Å². The van der Waals surface area contributed by atoms with Crippen LogP contribution in [-0.4, -0.2) is 68.5 Å². The summed E-state index contributed by atoms with van der Waals surface area (Å²) in [7, 11) is -3.18. The highest BCUT2D eigenvalue weighted by Crippen LogP contribution is 2.25. The van der Waals surface area contributed by atoms with Gasteiger partial charge in [0.25, 0.3) is 0 Å². The van der Waals surface area contributed by atoms with Crippen molar-refractivity contribution in [2.24, 2.45) is 11.8 Å². The van der Waals surface area contributed by atoms with Gasteiger partial charge in [0.15, 0.2) is 0 Å². The number of carbonyl (C=O) groups is 2. The first-order valence-corrected chi connectivity index (χ1v) is 10.1. The Morgan fingerprint density at radius 3 is 2.30 bits per heavy atom. The summed E-state index contributed by atoms with van der Waals surface area (Å²) in [6, 6.07) is 0. The third-order valence-electron chi connectivity index (χ3n) is 4.63. The number of hydrogen-bond acceptors (Lipinski definition) is 5. The van der Waals surface area contributed by atoms with Gasteiger partial charge in [-0.3, -0.25) is 9.59 Å². The second-order valence-corrected chi connectivity index (χ2v) is 8.29. The van der Waals surface area contributed by atoms with Crippen molar-refractivity contribution in [3.8, 4) is 0 Å². The Balaban J connectivity index is 1.89. The summed E-state index contributed by atoms with van der Waals surface area (Å²) in [6.45, 7) is 4.01. The van der Waals surface area contributed by atoms with Crippen LogP contribution in [0, 0.1) is 11.8 Å². The Morgan fingerprint density at radius 2 is 1.74 bits per heavy atom. The Morgan fingerprint density at radius 1 is 1.09 bits per heavy atom. The molecule has 0 bridgehead atoms. The lowest BCUT2D eigenvalue weighted by molar-refractivity contribution is -0.152. The van der Waals surface area contributed by atoms with Crippen molar-refractivity contribution < 1.29 is 22.7 Å². The lowest BCUT2D eigenvalue weighted by atomic mass is 9.93. The normalized spacial score (nSPS) is 24.4. The highest BCUT2D eigenvalue weighted by molar-refractivity contribution is 7.88. The molecule has 0 radical (unpaired) electrons. The van der Waals surface area contributed by atoms with Gasteiger partial charge >= 0.3 is 5.97 Å². The van der Waals surface area contributed by atoms with E-state index in [1.807, 2.05) is 0 Å².